The average molecular weight is 340 g/mol. The Morgan fingerprint density at radius 3 is 2.45 bits per heavy atom. The van der Waals surface area contributed by atoms with Gasteiger partial charge < -0.3 is 10.6 Å². The molecule has 0 amide bonds. The zero-order valence-corrected chi connectivity index (χ0v) is 14.2. The van der Waals surface area contributed by atoms with Crippen LogP contribution in [0.25, 0.3) is 0 Å². The lowest BCUT2D eigenvalue weighted by Gasteiger charge is -2.37. The van der Waals surface area contributed by atoms with E-state index in [1.807, 2.05) is 0 Å². The van der Waals surface area contributed by atoms with E-state index in [0.717, 1.165) is 38.5 Å². The molecule has 0 aromatic heterocycles. The van der Waals surface area contributed by atoms with Crippen LogP contribution < -0.4 is 10.6 Å². The Morgan fingerprint density at radius 1 is 1.20 bits per heavy atom. The fourth-order valence-corrected chi connectivity index (χ4v) is 3.49. The number of nitrogens with zero attached hydrogens (tertiary/aromatic N) is 2. The molecule has 1 saturated heterocycles. The highest BCUT2D eigenvalue weighted by atomic mass is 79.9. The quantitative estimate of drug-likeness (QED) is 0.895. The van der Waals surface area contributed by atoms with Gasteiger partial charge in [-0.2, -0.15) is 0 Å². The molecule has 0 spiro atoms. The van der Waals surface area contributed by atoms with Crippen LogP contribution in [0.4, 0.5) is 5.69 Å². The van der Waals surface area contributed by atoms with E-state index >= 15 is 0 Å². The summed E-state index contributed by atoms with van der Waals surface area (Å²) in [5.41, 5.74) is 8.24. The van der Waals surface area contributed by atoms with Crippen molar-refractivity contribution in [2.24, 2.45) is 11.7 Å². The van der Waals surface area contributed by atoms with Gasteiger partial charge in [0, 0.05) is 37.2 Å². The number of nitrogens with two attached hydrogens (primary N) is 1. The first kappa shape index (κ1) is 15.8. The molecule has 1 aliphatic rings. The van der Waals surface area contributed by atoms with Crippen LogP contribution in [0.3, 0.4) is 0 Å². The highest BCUT2D eigenvalue weighted by molar-refractivity contribution is 9.10. The lowest BCUT2D eigenvalue weighted by molar-refractivity contribution is 0.231. The normalized spacial score (nSPS) is 16.9. The Bertz CT molecular complexity index is 426. The van der Waals surface area contributed by atoms with Crippen LogP contribution in [-0.2, 0) is 6.42 Å². The standard InChI is InChI=1S/C16H26BrN3/c1-13(2)12-19-7-9-20(10-8-19)16-4-3-14(5-6-18)11-15(16)17/h3-4,11,13H,5-10,12,18H2,1-2H3. The molecule has 2 N–H and O–H groups in total. The summed E-state index contributed by atoms with van der Waals surface area (Å²) in [6, 6.07) is 6.64. The molecule has 2 rings (SSSR count). The topological polar surface area (TPSA) is 32.5 Å². The molecule has 1 aromatic rings. The minimum absolute atomic E-state index is 0.708. The first-order valence-corrected chi connectivity index (χ1v) is 8.35. The third kappa shape index (κ3) is 4.21. The van der Waals surface area contributed by atoms with E-state index in [2.05, 4.69) is 57.8 Å². The van der Waals surface area contributed by atoms with Crippen LogP contribution in [0.1, 0.15) is 19.4 Å². The van der Waals surface area contributed by atoms with Gasteiger partial charge in [-0.3, -0.25) is 4.90 Å². The summed E-state index contributed by atoms with van der Waals surface area (Å²) in [7, 11) is 0. The van der Waals surface area contributed by atoms with Gasteiger partial charge in [0.15, 0.2) is 0 Å². The van der Waals surface area contributed by atoms with Crippen LogP contribution in [0.5, 0.6) is 0 Å². The SMILES string of the molecule is CC(C)CN1CCN(c2ccc(CCN)cc2Br)CC1. The summed E-state index contributed by atoms with van der Waals surface area (Å²) in [6.07, 6.45) is 0.945. The number of hydrogen-bond acceptors (Lipinski definition) is 3. The molecule has 0 atom stereocenters. The fraction of sp³-hybridized carbons (Fsp3) is 0.625. The molecule has 1 fully saturated rings. The monoisotopic (exact) mass is 339 g/mol. The fourth-order valence-electron chi connectivity index (χ4n) is 2.82. The Hall–Kier alpha value is -0.580. The Morgan fingerprint density at radius 2 is 1.90 bits per heavy atom. The minimum atomic E-state index is 0.708. The van der Waals surface area contributed by atoms with Gasteiger partial charge >= 0.3 is 0 Å². The molecule has 0 radical (unpaired) electrons. The first-order chi connectivity index (χ1) is 9.60. The van der Waals surface area contributed by atoms with Crippen LogP contribution in [0.15, 0.2) is 22.7 Å². The molecule has 3 nitrogen and oxygen atoms in total. The smallest absolute Gasteiger partial charge is 0.0511 e. The number of halogens is 1. The maximum absolute atomic E-state index is 5.62. The second kappa shape index (κ2) is 7.43. The number of rotatable bonds is 5. The summed E-state index contributed by atoms with van der Waals surface area (Å²) in [5, 5.41) is 0. The molecule has 1 aromatic carbocycles. The second-order valence-electron chi connectivity index (χ2n) is 6.01. The maximum atomic E-state index is 5.62. The van der Waals surface area contributed by atoms with Crippen LogP contribution in [-0.4, -0.2) is 44.2 Å². The van der Waals surface area contributed by atoms with Crippen molar-refractivity contribution in [1.29, 1.82) is 0 Å². The minimum Gasteiger partial charge on any atom is -0.368 e. The van der Waals surface area contributed by atoms with Gasteiger partial charge in [-0.15, -0.1) is 0 Å². The van der Waals surface area contributed by atoms with Crippen molar-refractivity contribution in [1.82, 2.24) is 4.90 Å². The highest BCUT2D eigenvalue weighted by Gasteiger charge is 2.19. The van der Waals surface area contributed by atoms with Crippen LogP contribution in [0.2, 0.25) is 0 Å². The van der Waals surface area contributed by atoms with E-state index < -0.39 is 0 Å². The molecular formula is C16H26BrN3. The zero-order chi connectivity index (χ0) is 14.5. The Kier molecular flexibility index (Phi) is 5.87. The molecule has 1 aliphatic heterocycles. The molecular weight excluding hydrogens is 314 g/mol. The van der Waals surface area contributed by atoms with Crippen molar-refractivity contribution < 1.29 is 0 Å². The molecule has 1 heterocycles. The van der Waals surface area contributed by atoms with Gasteiger partial charge in [0.2, 0.25) is 0 Å². The lowest BCUT2D eigenvalue weighted by Crippen LogP contribution is -2.47. The number of hydrogen-bond donors (Lipinski definition) is 1. The third-order valence-electron chi connectivity index (χ3n) is 3.78. The predicted octanol–water partition coefficient (Wildman–Crippen LogP) is 2.73. The molecule has 0 saturated carbocycles. The molecule has 4 heteroatoms. The molecule has 0 unspecified atom stereocenters. The van der Waals surface area contributed by atoms with E-state index in [0.29, 0.717) is 6.54 Å². The van der Waals surface area contributed by atoms with Crippen molar-refractivity contribution >= 4 is 21.6 Å². The second-order valence-corrected chi connectivity index (χ2v) is 6.86. The Balaban J connectivity index is 1.96. The number of benzene rings is 1. The average Bonchev–Trinajstić information content (AvgIpc) is 2.40. The predicted molar refractivity (Wildman–Crippen MR) is 90.4 cm³/mol. The highest BCUT2D eigenvalue weighted by Crippen LogP contribution is 2.28. The van der Waals surface area contributed by atoms with E-state index in [1.54, 1.807) is 0 Å². The van der Waals surface area contributed by atoms with Gasteiger partial charge in [-0.25, -0.2) is 0 Å². The van der Waals surface area contributed by atoms with Crippen molar-refractivity contribution in [3.05, 3.63) is 28.2 Å². The zero-order valence-electron chi connectivity index (χ0n) is 12.6. The van der Waals surface area contributed by atoms with Crippen molar-refractivity contribution in [2.45, 2.75) is 20.3 Å². The van der Waals surface area contributed by atoms with Crippen molar-refractivity contribution in [3.8, 4) is 0 Å². The summed E-state index contributed by atoms with van der Waals surface area (Å²) in [4.78, 5) is 5.05. The van der Waals surface area contributed by atoms with Gasteiger partial charge in [0.25, 0.3) is 0 Å². The maximum Gasteiger partial charge on any atom is 0.0511 e. The van der Waals surface area contributed by atoms with Gasteiger partial charge in [0.1, 0.15) is 0 Å². The molecule has 112 valence electrons. The number of anilines is 1. The van der Waals surface area contributed by atoms with E-state index in [-0.39, 0.29) is 0 Å². The van der Waals surface area contributed by atoms with Gasteiger partial charge in [0.05, 0.1) is 5.69 Å². The van der Waals surface area contributed by atoms with Crippen molar-refractivity contribution in [2.75, 3.05) is 44.2 Å². The number of piperazine rings is 1. The first-order valence-electron chi connectivity index (χ1n) is 7.56. The molecule has 20 heavy (non-hydrogen) atoms. The molecule has 0 aliphatic carbocycles. The largest absolute Gasteiger partial charge is 0.368 e. The van der Waals surface area contributed by atoms with Crippen molar-refractivity contribution in [3.63, 3.8) is 0 Å². The summed E-state index contributed by atoms with van der Waals surface area (Å²) >= 11 is 3.71. The summed E-state index contributed by atoms with van der Waals surface area (Å²) < 4.78 is 1.20. The van der Waals surface area contributed by atoms with E-state index in [9.17, 15) is 0 Å². The summed E-state index contributed by atoms with van der Waals surface area (Å²) in [6.45, 7) is 11.1. The van der Waals surface area contributed by atoms with E-state index in [1.165, 1.54) is 22.3 Å². The summed E-state index contributed by atoms with van der Waals surface area (Å²) in [5.74, 6) is 0.754. The van der Waals surface area contributed by atoms with Gasteiger partial charge in [-0.05, 0) is 52.5 Å². The van der Waals surface area contributed by atoms with Crippen LogP contribution >= 0.6 is 15.9 Å². The lowest BCUT2D eigenvalue weighted by atomic mass is 10.1. The Labute approximate surface area is 131 Å². The molecule has 0 bridgehead atoms. The third-order valence-corrected chi connectivity index (χ3v) is 4.42. The van der Waals surface area contributed by atoms with E-state index in [4.69, 9.17) is 5.73 Å². The van der Waals surface area contributed by atoms with Gasteiger partial charge in [-0.1, -0.05) is 19.9 Å². The van der Waals surface area contributed by atoms with Crippen LogP contribution in [0, 0.1) is 5.92 Å².